The molecule has 0 bridgehead atoms. The highest BCUT2D eigenvalue weighted by atomic mass is 79.9. The van der Waals surface area contributed by atoms with Crippen LogP contribution < -0.4 is 0 Å². The fourth-order valence-electron chi connectivity index (χ4n) is 2.35. The van der Waals surface area contributed by atoms with Gasteiger partial charge >= 0.3 is 0 Å². The fraction of sp³-hybridized carbons (Fsp3) is 0.333. The Hall–Kier alpha value is -0.350. The number of hydrogen-bond donors (Lipinski definition) is 1. The quantitative estimate of drug-likeness (QED) is 0.767. The van der Waals surface area contributed by atoms with Crippen LogP contribution >= 0.6 is 38.9 Å². The van der Waals surface area contributed by atoms with Gasteiger partial charge in [0.05, 0.1) is 0 Å². The molecule has 19 heavy (non-hydrogen) atoms. The minimum absolute atomic E-state index is 0.593. The second-order valence-corrected chi connectivity index (χ2v) is 7.51. The number of halogens is 2. The lowest BCUT2D eigenvalue weighted by Gasteiger charge is -2.26. The van der Waals surface area contributed by atoms with E-state index in [2.05, 4.69) is 28.1 Å². The molecule has 0 aliphatic heterocycles. The number of thiophene rings is 1. The van der Waals surface area contributed by atoms with Crippen molar-refractivity contribution >= 4 is 38.9 Å². The van der Waals surface area contributed by atoms with E-state index in [0.29, 0.717) is 4.34 Å². The molecule has 1 heterocycles. The second kappa shape index (κ2) is 5.57. The van der Waals surface area contributed by atoms with E-state index in [4.69, 9.17) is 11.6 Å². The molecule has 1 aliphatic carbocycles. The standard InChI is InChI=1S/C15H14BrClOS/c16-12-8-13(19-15(12)17)14(18)11-6-4-10(5-7-11)9-2-1-3-9/h4-9,14,18H,1-3H2. The van der Waals surface area contributed by atoms with Gasteiger partial charge in [-0.1, -0.05) is 42.3 Å². The molecule has 1 N–H and O–H groups in total. The highest BCUT2D eigenvalue weighted by Crippen LogP contribution is 2.39. The Balaban J connectivity index is 1.81. The van der Waals surface area contributed by atoms with E-state index in [0.717, 1.165) is 20.8 Å². The first-order valence-electron chi connectivity index (χ1n) is 6.38. The normalized spacial score (nSPS) is 17.2. The minimum Gasteiger partial charge on any atom is -0.383 e. The van der Waals surface area contributed by atoms with Crippen LogP contribution in [0.2, 0.25) is 4.34 Å². The lowest BCUT2D eigenvalue weighted by molar-refractivity contribution is 0.224. The van der Waals surface area contributed by atoms with Gasteiger partial charge in [-0.2, -0.15) is 0 Å². The molecular weight excluding hydrogens is 344 g/mol. The van der Waals surface area contributed by atoms with Crippen molar-refractivity contribution in [3.05, 3.63) is 55.1 Å². The minimum atomic E-state index is -0.593. The van der Waals surface area contributed by atoms with Gasteiger partial charge in [0, 0.05) is 9.35 Å². The van der Waals surface area contributed by atoms with Crippen molar-refractivity contribution in [1.29, 1.82) is 0 Å². The van der Waals surface area contributed by atoms with Crippen LogP contribution in [0.15, 0.2) is 34.8 Å². The topological polar surface area (TPSA) is 20.2 Å². The van der Waals surface area contributed by atoms with Crippen molar-refractivity contribution in [3.8, 4) is 0 Å². The van der Waals surface area contributed by atoms with Crippen molar-refractivity contribution in [2.75, 3.05) is 0 Å². The first-order chi connectivity index (χ1) is 9.15. The van der Waals surface area contributed by atoms with Crippen LogP contribution in [0.5, 0.6) is 0 Å². The number of hydrogen-bond acceptors (Lipinski definition) is 2. The molecule has 1 aromatic heterocycles. The SMILES string of the molecule is OC(c1ccc(C2CCC2)cc1)c1cc(Br)c(Cl)s1. The molecule has 1 aliphatic rings. The highest BCUT2D eigenvalue weighted by molar-refractivity contribution is 9.10. The van der Waals surface area contributed by atoms with E-state index in [-0.39, 0.29) is 0 Å². The monoisotopic (exact) mass is 356 g/mol. The zero-order chi connectivity index (χ0) is 13.4. The van der Waals surface area contributed by atoms with Gasteiger partial charge < -0.3 is 5.11 Å². The summed E-state index contributed by atoms with van der Waals surface area (Å²) in [6.07, 6.45) is 3.35. The van der Waals surface area contributed by atoms with E-state index < -0.39 is 6.10 Å². The molecule has 100 valence electrons. The first kappa shape index (κ1) is 13.6. The van der Waals surface area contributed by atoms with Gasteiger partial charge in [-0.15, -0.1) is 11.3 Å². The number of aliphatic hydroxyl groups is 1. The summed E-state index contributed by atoms with van der Waals surface area (Å²) < 4.78 is 1.53. The fourth-order valence-corrected chi connectivity index (χ4v) is 4.11. The molecule has 4 heteroatoms. The van der Waals surface area contributed by atoms with E-state index in [1.165, 1.54) is 36.2 Å². The Morgan fingerprint density at radius 2 is 1.95 bits per heavy atom. The van der Waals surface area contributed by atoms with Crippen LogP contribution in [0.1, 0.15) is 47.3 Å². The van der Waals surface area contributed by atoms with Crippen molar-refractivity contribution in [2.45, 2.75) is 31.3 Å². The average molecular weight is 358 g/mol. The second-order valence-electron chi connectivity index (χ2n) is 4.97. The smallest absolute Gasteiger partial charge is 0.113 e. The van der Waals surface area contributed by atoms with Gasteiger partial charge in [0.15, 0.2) is 0 Å². The van der Waals surface area contributed by atoms with Crippen LogP contribution in [0.3, 0.4) is 0 Å². The molecule has 1 aromatic carbocycles. The molecule has 3 rings (SSSR count). The van der Waals surface area contributed by atoms with Gasteiger partial charge in [0.1, 0.15) is 10.4 Å². The third-order valence-electron chi connectivity index (χ3n) is 3.76. The zero-order valence-corrected chi connectivity index (χ0v) is 13.4. The summed E-state index contributed by atoms with van der Waals surface area (Å²) in [5, 5.41) is 10.4. The molecule has 1 fully saturated rings. The Kier molecular flexibility index (Phi) is 3.99. The Bertz CT molecular complexity index is 555. The van der Waals surface area contributed by atoms with Crippen molar-refractivity contribution in [2.24, 2.45) is 0 Å². The maximum Gasteiger partial charge on any atom is 0.113 e. The Morgan fingerprint density at radius 3 is 2.42 bits per heavy atom. The van der Waals surface area contributed by atoms with Crippen LogP contribution in [-0.2, 0) is 0 Å². The molecule has 0 saturated heterocycles. The molecule has 1 atom stereocenters. The van der Waals surface area contributed by atoms with Gasteiger partial charge in [-0.25, -0.2) is 0 Å². The molecule has 1 nitrogen and oxygen atoms in total. The van der Waals surface area contributed by atoms with Gasteiger partial charge in [-0.05, 0) is 51.9 Å². The summed E-state index contributed by atoms with van der Waals surface area (Å²) in [7, 11) is 0. The first-order valence-corrected chi connectivity index (χ1v) is 8.36. The zero-order valence-electron chi connectivity index (χ0n) is 10.3. The predicted octanol–water partition coefficient (Wildman–Crippen LogP) is 5.51. The molecule has 0 spiro atoms. The Labute approximate surface area is 130 Å². The molecule has 1 saturated carbocycles. The maximum absolute atomic E-state index is 10.4. The summed E-state index contributed by atoms with van der Waals surface area (Å²) in [4.78, 5) is 0.869. The number of aliphatic hydroxyl groups excluding tert-OH is 1. The van der Waals surface area contributed by atoms with Gasteiger partial charge in [0.2, 0.25) is 0 Å². The van der Waals surface area contributed by atoms with Crippen molar-refractivity contribution in [3.63, 3.8) is 0 Å². The average Bonchev–Trinajstić information content (AvgIpc) is 2.68. The van der Waals surface area contributed by atoms with Crippen LogP contribution in [0.25, 0.3) is 0 Å². The predicted molar refractivity (Wildman–Crippen MR) is 84.1 cm³/mol. The van der Waals surface area contributed by atoms with E-state index in [1.807, 2.05) is 18.2 Å². The summed E-state index contributed by atoms with van der Waals surface area (Å²) in [5.74, 6) is 0.733. The van der Waals surface area contributed by atoms with E-state index in [9.17, 15) is 5.11 Å². The van der Waals surface area contributed by atoms with Crippen LogP contribution in [0.4, 0.5) is 0 Å². The molecule has 2 aromatic rings. The third-order valence-corrected chi connectivity index (χ3v) is 6.29. The lowest BCUT2D eigenvalue weighted by Crippen LogP contribution is -2.08. The van der Waals surface area contributed by atoms with E-state index in [1.54, 1.807) is 0 Å². The van der Waals surface area contributed by atoms with Crippen molar-refractivity contribution < 1.29 is 5.11 Å². The highest BCUT2D eigenvalue weighted by Gasteiger charge is 2.20. The number of benzene rings is 1. The number of rotatable bonds is 3. The Morgan fingerprint density at radius 1 is 1.26 bits per heavy atom. The molecule has 0 radical (unpaired) electrons. The van der Waals surface area contributed by atoms with Crippen LogP contribution in [0, 0.1) is 0 Å². The summed E-state index contributed by atoms with van der Waals surface area (Å²) in [5.41, 5.74) is 2.32. The lowest BCUT2D eigenvalue weighted by atomic mass is 9.80. The summed E-state index contributed by atoms with van der Waals surface area (Å²) in [6.45, 7) is 0. The molecular formula is C15H14BrClOS. The largest absolute Gasteiger partial charge is 0.383 e. The molecule has 0 amide bonds. The van der Waals surface area contributed by atoms with Gasteiger partial charge in [0.25, 0.3) is 0 Å². The van der Waals surface area contributed by atoms with Crippen LogP contribution in [-0.4, -0.2) is 5.11 Å². The summed E-state index contributed by atoms with van der Waals surface area (Å²) in [6, 6.07) is 10.2. The third kappa shape index (κ3) is 2.75. The van der Waals surface area contributed by atoms with E-state index >= 15 is 0 Å². The molecule has 1 unspecified atom stereocenters. The van der Waals surface area contributed by atoms with Crippen molar-refractivity contribution in [1.82, 2.24) is 0 Å². The maximum atomic E-state index is 10.4. The summed E-state index contributed by atoms with van der Waals surface area (Å²) >= 11 is 10.8. The van der Waals surface area contributed by atoms with Gasteiger partial charge in [-0.3, -0.25) is 0 Å².